The molecule has 0 saturated carbocycles. The van der Waals surface area contributed by atoms with Crippen LogP contribution in [0, 0.1) is 13.8 Å². The van der Waals surface area contributed by atoms with Crippen LogP contribution in [0.25, 0.3) is 0 Å². The molecule has 19 heavy (non-hydrogen) atoms. The van der Waals surface area contributed by atoms with Crippen molar-refractivity contribution in [3.8, 4) is 11.8 Å². The fraction of sp³-hybridized carbons (Fsp3) is 0.167. The summed E-state index contributed by atoms with van der Waals surface area (Å²) in [7, 11) is 0. The zero-order valence-electron chi connectivity index (χ0n) is 10.1. The highest BCUT2D eigenvalue weighted by Crippen LogP contribution is 2.35. The molecule has 2 aromatic rings. The van der Waals surface area contributed by atoms with E-state index in [0.29, 0.717) is 16.8 Å². The molecule has 0 saturated heterocycles. The van der Waals surface area contributed by atoms with Gasteiger partial charge >= 0.3 is 0 Å². The van der Waals surface area contributed by atoms with Crippen molar-refractivity contribution in [3.63, 3.8) is 0 Å². The summed E-state index contributed by atoms with van der Waals surface area (Å²) in [5, 5.41) is 20.6. The van der Waals surface area contributed by atoms with Crippen molar-refractivity contribution >= 4 is 40.5 Å². The quantitative estimate of drug-likeness (QED) is 0.721. The Balaban J connectivity index is 2.45. The Kier molecular flexibility index (Phi) is 3.76. The number of aromatic nitrogens is 1. The molecule has 1 aromatic carbocycles. The highest BCUT2D eigenvalue weighted by molar-refractivity contribution is 6.48. The van der Waals surface area contributed by atoms with E-state index in [1.807, 2.05) is 0 Å². The molecule has 0 amide bonds. The summed E-state index contributed by atoms with van der Waals surface area (Å²) >= 11 is 17.7. The summed E-state index contributed by atoms with van der Waals surface area (Å²) in [5.41, 5.74) is 4.45. The van der Waals surface area contributed by atoms with Gasteiger partial charge in [-0.3, -0.25) is 5.43 Å². The minimum atomic E-state index is -0.0859. The average molecular weight is 322 g/mol. The summed E-state index contributed by atoms with van der Waals surface area (Å²) < 4.78 is 1.14. The molecular weight excluding hydrogens is 311 g/mol. The third-order valence-electron chi connectivity index (χ3n) is 2.88. The molecule has 0 fully saturated rings. The van der Waals surface area contributed by atoms with E-state index in [-0.39, 0.29) is 26.8 Å². The number of aromatic hydroxyl groups is 2. The molecular formula is C12H11Cl3N2O2. The molecule has 0 aliphatic carbocycles. The van der Waals surface area contributed by atoms with Crippen LogP contribution < -0.4 is 5.43 Å². The second kappa shape index (κ2) is 5.04. The Labute approximate surface area is 125 Å². The second-order valence-corrected chi connectivity index (χ2v) is 5.29. The maximum absolute atomic E-state index is 9.90. The van der Waals surface area contributed by atoms with Crippen LogP contribution in [0.5, 0.6) is 11.8 Å². The molecule has 0 atom stereocenters. The number of halogens is 3. The van der Waals surface area contributed by atoms with Gasteiger partial charge in [0.25, 0.3) is 0 Å². The van der Waals surface area contributed by atoms with Crippen LogP contribution in [0.2, 0.25) is 15.1 Å². The maximum Gasteiger partial charge on any atom is 0.216 e. The lowest BCUT2D eigenvalue weighted by molar-refractivity contribution is 0.390. The standard InChI is InChI=1S/C12H11Cl3N2O2/c1-5-6(2)12(19)17(11(5)18)16-7-3-8(13)10(15)9(14)4-7/h3-4,16,18-19H,1-2H3. The molecule has 0 radical (unpaired) electrons. The average Bonchev–Trinajstić information content (AvgIpc) is 2.54. The number of rotatable bonds is 2. The molecule has 7 heteroatoms. The van der Waals surface area contributed by atoms with Crippen molar-refractivity contribution in [2.45, 2.75) is 13.8 Å². The van der Waals surface area contributed by atoms with Gasteiger partial charge in [0.05, 0.1) is 20.8 Å². The lowest BCUT2D eigenvalue weighted by Crippen LogP contribution is -2.07. The van der Waals surface area contributed by atoms with E-state index in [1.165, 1.54) is 0 Å². The summed E-state index contributed by atoms with van der Waals surface area (Å²) in [4.78, 5) is 0. The summed E-state index contributed by atoms with van der Waals surface area (Å²) in [5.74, 6) is -0.172. The van der Waals surface area contributed by atoms with Crippen molar-refractivity contribution in [1.82, 2.24) is 4.68 Å². The van der Waals surface area contributed by atoms with Gasteiger partial charge in [-0.2, -0.15) is 4.68 Å². The number of nitrogens with zero attached hydrogens (tertiary/aromatic N) is 1. The fourth-order valence-corrected chi connectivity index (χ4v) is 2.22. The van der Waals surface area contributed by atoms with Crippen LogP contribution in [0.3, 0.4) is 0 Å². The molecule has 102 valence electrons. The Morgan fingerprint density at radius 3 is 1.79 bits per heavy atom. The molecule has 1 heterocycles. The highest BCUT2D eigenvalue weighted by atomic mass is 35.5. The lowest BCUT2D eigenvalue weighted by atomic mass is 10.2. The minimum absolute atomic E-state index is 0.0859. The Morgan fingerprint density at radius 1 is 0.947 bits per heavy atom. The normalized spacial score (nSPS) is 10.8. The molecule has 0 bridgehead atoms. The van der Waals surface area contributed by atoms with E-state index in [1.54, 1.807) is 26.0 Å². The fourth-order valence-electron chi connectivity index (χ4n) is 1.63. The van der Waals surface area contributed by atoms with Crippen molar-refractivity contribution in [2.24, 2.45) is 0 Å². The minimum Gasteiger partial charge on any atom is -0.493 e. The van der Waals surface area contributed by atoms with E-state index < -0.39 is 0 Å². The number of hydrogen-bond acceptors (Lipinski definition) is 3. The van der Waals surface area contributed by atoms with Gasteiger partial charge in [0, 0.05) is 11.1 Å². The van der Waals surface area contributed by atoms with E-state index in [0.717, 1.165) is 4.68 Å². The van der Waals surface area contributed by atoms with Crippen LogP contribution in [0.15, 0.2) is 12.1 Å². The molecule has 0 aliphatic heterocycles. The molecule has 1 aromatic heterocycles. The molecule has 0 spiro atoms. The maximum atomic E-state index is 9.90. The molecule has 0 unspecified atom stereocenters. The van der Waals surface area contributed by atoms with Crippen molar-refractivity contribution in [1.29, 1.82) is 0 Å². The molecule has 4 nitrogen and oxygen atoms in total. The molecule has 0 aliphatic rings. The van der Waals surface area contributed by atoms with Crippen LogP contribution >= 0.6 is 34.8 Å². The Hall–Kier alpha value is -1.23. The van der Waals surface area contributed by atoms with Crippen molar-refractivity contribution in [2.75, 3.05) is 5.43 Å². The highest BCUT2D eigenvalue weighted by Gasteiger charge is 2.16. The van der Waals surface area contributed by atoms with Gasteiger partial charge in [-0.1, -0.05) is 34.8 Å². The summed E-state index contributed by atoms with van der Waals surface area (Å²) in [6.07, 6.45) is 0. The van der Waals surface area contributed by atoms with Gasteiger partial charge in [-0.15, -0.1) is 0 Å². The van der Waals surface area contributed by atoms with Gasteiger partial charge in [-0.05, 0) is 26.0 Å². The number of nitrogens with one attached hydrogen (secondary N) is 1. The van der Waals surface area contributed by atoms with Gasteiger partial charge < -0.3 is 10.2 Å². The van der Waals surface area contributed by atoms with Gasteiger partial charge in [0.1, 0.15) is 0 Å². The Bertz CT molecular complexity index is 604. The summed E-state index contributed by atoms with van der Waals surface area (Å²) in [6, 6.07) is 3.08. The monoisotopic (exact) mass is 320 g/mol. The first kappa shape index (κ1) is 14.2. The molecule has 3 N–H and O–H groups in total. The first-order valence-electron chi connectivity index (χ1n) is 5.34. The van der Waals surface area contributed by atoms with Gasteiger partial charge in [0.15, 0.2) is 0 Å². The van der Waals surface area contributed by atoms with E-state index in [9.17, 15) is 10.2 Å². The van der Waals surface area contributed by atoms with Gasteiger partial charge in [-0.25, -0.2) is 0 Å². The third kappa shape index (κ3) is 2.43. The largest absolute Gasteiger partial charge is 0.493 e. The van der Waals surface area contributed by atoms with E-state index in [4.69, 9.17) is 34.8 Å². The van der Waals surface area contributed by atoms with Crippen LogP contribution in [0.4, 0.5) is 5.69 Å². The van der Waals surface area contributed by atoms with Crippen molar-refractivity contribution in [3.05, 3.63) is 38.3 Å². The smallest absolute Gasteiger partial charge is 0.216 e. The van der Waals surface area contributed by atoms with Crippen LogP contribution in [0.1, 0.15) is 11.1 Å². The number of hydrogen-bond donors (Lipinski definition) is 3. The van der Waals surface area contributed by atoms with Crippen LogP contribution in [-0.4, -0.2) is 14.9 Å². The van der Waals surface area contributed by atoms with E-state index in [2.05, 4.69) is 5.43 Å². The SMILES string of the molecule is Cc1c(C)c(O)n(Nc2cc(Cl)c(Cl)c(Cl)c2)c1O. The molecule has 2 rings (SSSR count). The van der Waals surface area contributed by atoms with Gasteiger partial charge in [0.2, 0.25) is 11.8 Å². The Morgan fingerprint density at radius 2 is 1.37 bits per heavy atom. The first-order chi connectivity index (χ1) is 8.82. The first-order valence-corrected chi connectivity index (χ1v) is 6.47. The lowest BCUT2D eigenvalue weighted by Gasteiger charge is -2.12. The van der Waals surface area contributed by atoms with Crippen molar-refractivity contribution < 1.29 is 10.2 Å². The topological polar surface area (TPSA) is 57.4 Å². The predicted octanol–water partition coefficient (Wildman–Crippen LogP) is 4.35. The second-order valence-electron chi connectivity index (χ2n) is 4.10. The van der Waals surface area contributed by atoms with E-state index >= 15 is 0 Å². The predicted molar refractivity (Wildman–Crippen MR) is 77.7 cm³/mol. The zero-order valence-corrected chi connectivity index (χ0v) is 12.4. The van der Waals surface area contributed by atoms with Crippen LogP contribution in [-0.2, 0) is 0 Å². The third-order valence-corrected chi connectivity index (χ3v) is 4.08. The zero-order chi connectivity index (χ0) is 14.3. The summed E-state index contributed by atoms with van der Waals surface area (Å²) in [6.45, 7) is 3.40. The number of benzene rings is 1. The number of anilines is 1.